The lowest BCUT2D eigenvalue weighted by Gasteiger charge is -2.16. The first-order valence-corrected chi connectivity index (χ1v) is 7.12. The van der Waals surface area contributed by atoms with Crippen LogP contribution in [0.5, 0.6) is 5.75 Å². The highest BCUT2D eigenvalue weighted by Crippen LogP contribution is 2.22. The largest absolute Gasteiger partial charge is 0.573 e. The zero-order valence-corrected chi connectivity index (χ0v) is 12.5. The van der Waals surface area contributed by atoms with Gasteiger partial charge in [0.2, 0.25) is 0 Å². The number of aliphatic hydroxyl groups excluding tert-OH is 1. The molecule has 0 saturated carbocycles. The Labute approximate surface area is 128 Å². The number of ether oxygens (including phenoxy) is 1. The summed E-state index contributed by atoms with van der Waals surface area (Å²) >= 11 is 0. The van der Waals surface area contributed by atoms with Gasteiger partial charge in [-0.1, -0.05) is 24.8 Å². The van der Waals surface area contributed by atoms with Gasteiger partial charge in [-0.15, -0.1) is 13.2 Å². The van der Waals surface area contributed by atoms with Crippen molar-refractivity contribution in [2.45, 2.75) is 26.1 Å². The summed E-state index contributed by atoms with van der Waals surface area (Å²) in [6.07, 6.45) is -3.06. The molecule has 3 nitrogen and oxygen atoms in total. The van der Waals surface area contributed by atoms with Crippen molar-refractivity contribution in [3.8, 4) is 17.6 Å². The first-order chi connectivity index (χ1) is 10.4. The molecule has 1 rings (SSSR count). The molecule has 0 heterocycles. The number of unbranched alkanes of at least 4 members (excludes halogenated alkanes) is 1. The normalized spacial score (nSPS) is 11.2. The summed E-state index contributed by atoms with van der Waals surface area (Å²) in [5.41, 5.74) is 0.480. The summed E-state index contributed by atoms with van der Waals surface area (Å²) in [4.78, 5) is 2.11. The Balaban J connectivity index is 2.58. The first kappa shape index (κ1) is 18.3. The van der Waals surface area contributed by atoms with Gasteiger partial charge in [0.05, 0.1) is 6.54 Å². The molecule has 0 fully saturated rings. The van der Waals surface area contributed by atoms with Crippen LogP contribution in [0.3, 0.4) is 0 Å². The van der Waals surface area contributed by atoms with Crippen LogP contribution in [0.2, 0.25) is 0 Å². The Kier molecular flexibility index (Phi) is 7.78. The van der Waals surface area contributed by atoms with E-state index in [1.165, 1.54) is 18.2 Å². The van der Waals surface area contributed by atoms with Gasteiger partial charge in [-0.25, -0.2) is 0 Å². The van der Waals surface area contributed by atoms with Gasteiger partial charge in [0.1, 0.15) is 5.75 Å². The smallest absolute Gasteiger partial charge is 0.406 e. The minimum absolute atomic E-state index is 0.176. The van der Waals surface area contributed by atoms with Crippen molar-refractivity contribution in [2.75, 3.05) is 26.2 Å². The third-order valence-corrected chi connectivity index (χ3v) is 2.93. The lowest BCUT2D eigenvalue weighted by molar-refractivity contribution is -0.274. The number of aliphatic hydroxyl groups is 1. The number of alkyl halides is 3. The number of hydrogen-bond acceptors (Lipinski definition) is 3. The van der Waals surface area contributed by atoms with Crippen LogP contribution in [0.4, 0.5) is 13.2 Å². The molecule has 1 aromatic carbocycles. The molecule has 0 spiro atoms. The molecule has 0 aliphatic heterocycles. The number of rotatable bonds is 7. The van der Waals surface area contributed by atoms with Gasteiger partial charge in [0.25, 0.3) is 0 Å². The summed E-state index contributed by atoms with van der Waals surface area (Å²) < 4.78 is 40.3. The van der Waals surface area contributed by atoms with Crippen LogP contribution in [0, 0.1) is 11.8 Å². The maximum Gasteiger partial charge on any atom is 0.573 e. The van der Waals surface area contributed by atoms with Crippen LogP contribution in [0.25, 0.3) is 0 Å². The monoisotopic (exact) mass is 315 g/mol. The van der Waals surface area contributed by atoms with Crippen LogP contribution in [0.15, 0.2) is 24.3 Å². The topological polar surface area (TPSA) is 32.7 Å². The second kappa shape index (κ2) is 9.34. The molecular formula is C16H20F3NO2. The van der Waals surface area contributed by atoms with Crippen molar-refractivity contribution in [3.05, 3.63) is 29.8 Å². The zero-order chi connectivity index (χ0) is 16.4. The lowest BCUT2D eigenvalue weighted by Crippen LogP contribution is -2.25. The Morgan fingerprint density at radius 2 is 2.05 bits per heavy atom. The van der Waals surface area contributed by atoms with Crippen molar-refractivity contribution in [2.24, 2.45) is 0 Å². The van der Waals surface area contributed by atoms with E-state index in [9.17, 15) is 13.2 Å². The second-order valence-corrected chi connectivity index (χ2v) is 4.68. The van der Waals surface area contributed by atoms with E-state index in [1.54, 1.807) is 6.07 Å². The molecule has 0 atom stereocenters. The predicted octanol–water partition coefficient (Wildman–Crippen LogP) is 3.03. The van der Waals surface area contributed by atoms with Crippen molar-refractivity contribution in [3.63, 3.8) is 0 Å². The van der Waals surface area contributed by atoms with E-state index in [4.69, 9.17) is 5.11 Å². The van der Waals surface area contributed by atoms with E-state index < -0.39 is 6.36 Å². The van der Waals surface area contributed by atoms with Crippen LogP contribution in [0.1, 0.15) is 25.3 Å². The molecular weight excluding hydrogens is 295 g/mol. The highest BCUT2D eigenvalue weighted by molar-refractivity contribution is 5.40. The predicted molar refractivity (Wildman–Crippen MR) is 78.4 cm³/mol. The fraction of sp³-hybridized carbons (Fsp3) is 0.500. The quantitative estimate of drug-likeness (QED) is 0.620. The summed E-state index contributed by atoms with van der Waals surface area (Å²) in [7, 11) is 0. The molecule has 22 heavy (non-hydrogen) atoms. The fourth-order valence-corrected chi connectivity index (χ4v) is 1.82. The number of hydrogen-bond donors (Lipinski definition) is 1. The molecule has 1 aromatic rings. The number of halogens is 3. The molecule has 122 valence electrons. The average molecular weight is 315 g/mol. The summed E-state index contributed by atoms with van der Waals surface area (Å²) in [5.74, 6) is 5.52. The van der Waals surface area contributed by atoms with Gasteiger partial charge in [0.15, 0.2) is 0 Å². The molecule has 0 radical (unpaired) electrons. The Morgan fingerprint density at radius 3 is 2.68 bits per heavy atom. The fourth-order valence-electron chi connectivity index (χ4n) is 1.82. The zero-order valence-electron chi connectivity index (χ0n) is 12.5. The lowest BCUT2D eigenvalue weighted by atomic mass is 10.2. The molecule has 6 heteroatoms. The molecule has 0 aromatic heterocycles. The van der Waals surface area contributed by atoms with Gasteiger partial charge in [0, 0.05) is 12.2 Å². The summed E-state index contributed by atoms with van der Waals surface area (Å²) in [6, 6.07) is 5.62. The second-order valence-electron chi connectivity index (χ2n) is 4.68. The molecule has 1 N–H and O–H groups in total. The van der Waals surface area contributed by atoms with E-state index in [0.29, 0.717) is 12.1 Å². The van der Waals surface area contributed by atoms with Crippen molar-refractivity contribution in [1.82, 2.24) is 4.90 Å². The minimum atomic E-state index is -4.70. The van der Waals surface area contributed by atoms with Crippen LogP contribution < -0.4 is 4.74 Å². The Bertz CT molecular complexity index is 506. The Hall–Kier alpha value is -1.71. The SMILES string of the molecule is CCN(CC#Cc1cccc(OC(F)(F)F)c1)CCCCO. The van der Waals surface area contributed by atoms with Gasteiger partial charge < -0.3 is 9.84 Å². The third-order valence-electron chi connectivity index (χ3n) is 2.93. The van der Waals surface area contributed by atoms with Crippen LogP contribution in [-0.2, 0) is 0 Å². The van der Waals surface area contributed by atoms with E-state index >= 15 is 0 Å². The van der Waals surface area contributed by atoms with Crippen LogP contribution in [-0.4, -0.2) is 42.6 Å². The van der Waals surface area contributed by atoms with Crippen molar-refractivity contribution < 1.29 is 23.0 Å². The molecule has 0 aliphatic rings. The number of benzene rings is 1. The molecule has 0 saturated heterocycles. The van der Waals surface area contributed by atoms with E-state index in [1.807, 2.05) is 6.92 Å². The summed E-state index contributed by atoms with van der Waals surface area (Å²) in [6.45, 7) is 4.39. The van der Waals surface area contributed by atoms with E-state index in [-0.39, 0.29) is 12.4 Å². The highest BCUT2D eigenvalue weighted by atomic mass is 19.4. The molecule has 0 amide bonds. The molecule has 0 aliphatic carbocycles. The van der Waals surface area contributed by atoms with E-state index in [0.717, 1.165) is 25.9 Å². The molecule has 0 bridgehead atoms. The summed E-state index contributed by atoms with van der Waals surface area (Å²) in [5, 5.41) is 8.74. The maximum atomic E-state index is 12.1. The minimum Gasteiger partial charge on any atom is -0.406 e. The highest BCUT2D eigenvalue weighted by Gasteiger charge is 2.31. The molecule has 0 unspecified atom stereocenters. The maximum absolute atomic E-state index is 12.1. The average Bonchev–Trinajstić information content (AvgIpc) is 2.44. The Morgan fingerprint density at radius 1 is 1.27 bits per heavy atom. The van der Waals surface area contributed by atoms with Gasteiger partial charge in [-0.05, 0) is 44.1 Å². The van der Waals surface area contributed by atoms with Crippen molar-refractivity contribution >= 4 is 0 Å². The van der Waals surface area contributed by atoms with Gasteiger partial charge in [-0.3, -0.25) is 4.90 Å². The van der Waals surface area contributed by atoms with Gasteiger partial charge >= 0.3 is 6.36 Å². The van der Waals surface area contributed by atoms with Crippen LogP contribution >= 0.6 is 0 Å². The first-order valence-electron chi connectivity index (χ1n) is 7.12. The van der Waals surface area contributed by atoms with E-state index in [2.05, 4.69) is 21.5 Å². The van der Waals surface area contributed by atoms with Gasteiger partial charge in [-0.2, -0.15) is 0 Å². The third kappa shape index (κ3) is 7.91. The number of nitrogens with zero attached hydrogens (tertiary/aromatic N) is 1. The standard InChI is InChI=1S/C16H20F3NO2/c1-2-20(10-3-4-12-21)11-6-8-14-7-5-9-15(13-14)22-16(17,18)19/h5,7,9,13,21H,2-4,10-12H2,1H3. The van der Waals surface area contributed by atoms with Crippen molar-refractivity contribution in [1.29, 1.82) is 0 Å².